The van der Waals surface area contributed by atoms with Gasteiger partial charge in [0.15, 0.2) is 0 Å². The van der Waals surface area contributed by atoms with Crippen molar-refractivity contribution in [3.63, 3.8) is 0 Å². The Kier molecular flexibility index (Phi) is 4.17. The maximum Gasteiger partial charge on any atom is 0.147 e. The largest absolute Gasteiger partial charge is 0.369 e. The van der Waals surface area contributed by atoms with E-state index in [1.54, 1.807) is 23.7 Å². The summed E-state index contributed by atoms with van der Waals surface area (Å²) in [6.45, 7) is 3.57. The van der Waals surface area contributed by atoms with Crippen LogP contribution in [-0.2, 0) is 6.54 Å². The van der Waals surface area contributed by atoms with Crippen LogP contribution in [0.5, 0.6) is 0 Å². The minimum absolute atomic E-state index is 0.710. The highest BCUT2D eigenvalue weighted by atomic mass is 35.5. The maximum atomic E-state index is 5.86. The zero-order valence-electron chi connectivity index (χ0n) is 9.40. The van der Waals surface area contributed by atoms with E-state index < -0.39 is 0 Å². The number of nitrogens with zero attached hydrogens (tertiary/aromatic N) is 2. The van der Waals surface area contributed by atoms with Crippen molar-refractivity contribution in [2.24, 2.45) is 0 Å². The highest BCUT2D eigenvalue weighted by molar-refractivity contribution is 7.16. The normalized spacial score (nSPS) is 10.2. The molecule has 2 rings (SSSR count). The summed E-state index contributed by atoms with van der Waals surface area (Å²) in [6, 6.07) is 3.89. The van der Waals surface area contributed by atoms with Crippen LogP contribution in [0.3, 0.4) is 0 Å². The topological polar surface area (TPSA) is 49.8 Å². The molecule has 2 aromatic heterocycles. The molecular formula is C11H13ClN4S. The van der Waals surface area contributed by atoms with Gasteiger partial charge < -0.3 is 10.6 Å². The summed E-state index contributed by atoms with van der Waals surface area (Å²) in [4.78, 5) is 9.65. The molecule has 0 aliphatic heterocycles. The molecule has 4 nitrogen and oxygen atoms in total. The van der Waals surface area contributed by atoms with Crippen LogP contribution < -0.4 is 10.6 Å². The average Bonchev–Trinajstić information content (AvgIpc) is 2.74. The van der Waals surface area contributed by atoms with Crippen LogP contribution in [0.4, 0.5) is 11.6 Å². The molecule has 0 unspecified atom stereocenters. The predicted molar refractivity (Wildman–Crippen MR) is 72.9 cm³/mol. The van der Waals surface area contributed by atoms with Crippen LogP contribution in [-0.4, -0.2) is 16.5 Å². The number of anilines is 2. The second-order valence-electron chi connectivity index (χ2n) is 3.38. The van der Waals surface area contributed by atoms with Crippen molar-refractivity contribution in [2.75, 3.05) is 17.2 Å². The predicted octanol–water partition coefficient (Wildman–Crippen LogP) is 3.24. The summed E-state index contributed by atoms with van der Waals surface area (Å²) < 4.78 is 0.800. The first-order valence-corrected chi connectivity index (χ1v) is 6.51. The van der Waals surface area contributed by atoms with Gasteiger partial charge in [-0.05, 0) is 19.1 Å². The number of aromatic nitrogens is 2. The molecule has 0 aliphatic rings. The summed E-state index contributed by atoms with van der Waals surface area (Å²) >= 11 is 7.42. The summed E-state index contributed by atoms with van der Waals surface area (Å²) in [5.41, 5.74) is 0. The lowest BCUT2D eigenvalue weighted by Gasteiger charge is -2.06. The second-order valence-corrected chi connectivity index (χ2v) is 5.18. The average molecular weight is 269 g/mol. The molecule has 90 valence electrons. The Balaban J connectivity index is 1.96. The van der Waals surface area contributed by atoms with E-state index in [1.807, 2.05) is 19.1 Å². The fraction of sp³-hybridized carbons (Fsp3) is 0.273. The first-order valence-electron chi connectivity index (χ1n) is 5.32. The third-order valence-corrected chi connectivity index (χ3v) is 3.30. The van der Waals surface area contributed by atoms with Crippen molar-refractivity contribution in [1.29, 1.82) is 0 Å². The zero-order valence-corrected chi connectivity index (χ0v) is 11.0. The molecule has 2 N–H and O–H groups in total. The molecule has 0 aromatic carbocycles. The van der Waals surface area contributed by atoms with Gasteiger partial charge in [-0.2, -0.15) is 0 Å². The van der Waals surface area contributed by atoms with Crippen LogP contribution in [0.1, 0.15) is 11.8 Å². The van der Waals surface area contributed by atoms with Crippen molar-refractivity contribution in [2.45, 2.75) is 13.5 Å². The Hall–Kier alpha value is -1.33. The number of halogens is 1. The van der Waals surface area contributed by atoms with Gasteiger partial charge in [0.25, 0.3) is 0 Å². The Morgan fingerprint density at radius 3 is 2.65 bits per heavy atom. The molecule has 0 spiro atoms. The number of rotatable bonds is 5. The standard InChI is InChI=1S/C11H13ClN4S/c1-2-14-10-6-13-7-11(16-10)15-5-8-3-4-9(12)17-8/h3-4,6-7H,2,5H2,1H3,(H2,14,15,16). The quantitative estimate of drug-likeness (QED) is 0.874. The molecule has 17 heavy (non-hydrogen) atoms. The van der Waals surface area contributed by atoms with Crippen LogP contribution in [0.2, 0.25) is 4.34 Å². The highest BCUT2D eigenvalue weighted by Gasteiger charge is 2.00. The fourth-order valence-corrected chi connectivity index (χ4v) is 2.37. The number of thiophene rings is 1. The van der Waals surface area contributed by atoms with Crippen LogP contribution in [0, 0.1) is 0 Å². The first-order chi connectivity index (χ1) is 8.28. The van der Waals surface area contributed by atoms with E-state index >= 15 is 0 Å². The molecule has 2 aromatic rings. The van der Waals surface area contributed by atoms with Gasteiger partial charge in [0.2, 0.25) is 0 Å². The summed E-state index contributed by atoms with van der Waals surface area (Å²) in [5, 5.41) is 6.33. The molecule has 0 radical (unpaired) electrons. The van der Waals surface area contributed by atoms with E-state index in [4.69, 9.17) is 11.6 Å². The zero-order chi connectivity index (χ0) is 12.1. The lowest BCUT2D eigenvalue weighted by atomic mass is 10.4. The third kappa shape index (κ3) is 3.57. The van der Waals surface area contributed by atoms with E-state index in [9.17, 15) is 0 Å². The second kappa shape index (κ2) is 5.84. The number of nitrogens with one attached hydrogen (secondary N) is 2. The Bertz CT molecular complexity index is 486. The maximum absolute atomic E-state index is 5.86. The molecule has 0 aliphatic carbocycles. The fourth-order valence-electron chi connectivity index (χ4n) is 1.34. The molecule has 2 heterocycles. The van der Waals surface area contributed by atoms with Gasteiger partial charge in [0.05, 0.1) is 23.3 Å². The molecule has 0 saturated heterocycles. The molecule has 0 atom stereocenters. The minimum atomic E-state index is 0.710. The number of hydrogen-bond acceptors (Lipinski definition) is 5. The summed E-state index contributed by atoms with van der Waals surface area (Å²) in [5.74, 6) is 1.54. The lowest BCUT2D eigenvalue weighted by Crippen LogP contribution is -2.04. The molecule has 0 bridgehead atoms. The minimum Gasteiger partial charge on any atom is -0.369 e. The van der Waals surface area contributed by atoms with Gasteiger partial charge in [0.1, 0.15) is 11.6 Å². The van der Waals surface area contributed by atoms with Crippen LogP contribution in [0.25, 0.3) is 0 Å². The molecule has 0 amide bonds. The first kappa shape index (κ1) is 12.1. The molecule has 0 saturated carbocycles. The molecule has 6 heteroatoms. The molecule has 0 fully saturated rings. The molecular weight excluding hydrogens is 256 g/mol. The van der Waals surface area contributed by atoms with Gasteiger partial charge in [-0.25, -0.2) is 4.98 Å². The van der Waals surface area contributed by atoms with E-state index in [0.717, 1.165) is 22.5 Å². The number of hydrogen-bond donors (Lipinski definition) is 2. The van der Waals surface area contributed by atoms with Gasteiger partial charge >= 0.3 is 0 Å². The van der Waals surface area contributed by atoms with Crippen molar-refractivity contribution < 1.29 is 0 Å². The van der Waals surface area contributed by atoms with Crippen LogP contribution in [0.15, 0.2) is 24.5 Å². The van der Waals surface area contributed by atoms with E-state index in [0.29, 0.717) is 6.54 Å². The van der Waals surface area contributed by atoms with E-state index in [1.165, 1.54) is 4.88 Å². The van der Waals surface area contributed by atoms with Crippen molar-refractivity contribution in [3.8, 4) is 0 Å². The SMILES string of the molecule is CCNc1cncc(NCc2ccc(Cl)s2)n1. The highest BCUT2D eigenvalue weighted by Crippen LogP contribution is 2.22. The Labute approximate surface area is 109 Å². The lowest BCUT2D eigenvalue weighted by molar-refractivity contribution is 1.08. The summed E-state index contributed by atoms with van der Waals surface area (Å²) in [6.07, 6.45) is 3.41. The Morgan fingerprint density at radius 2 is 2.00 bits per heavy atom. The van der Waals surface area contributed by atoms with E-state index in [-0.39, 0.29) is 0 Å². The van der Waals surface area contributed by atoms with Crippen molar-refractivity contribution >= 4 is 34.6 Å². The Morgan fingerprint density at radius 1 is 1.24 bits per heavy atom. The monoisotopic (exact) mass is 268 g/mol. The smallest absolute Gasteiger partial charge is 0.147 e. The van der Waals surface area contributed by atoms with Crippen molar-refractivity contribution in [3.05, 3.63) is 33.7 Å². The van der Waals surface area contributed by atoms with Gasteiger partial charge in [-0.1, -0.05) is 11.6 Å². The van der Waals surface area contributed by atoms with Crippen molar-refractivity contribution in [1.82, 2.24) is 9.97 Å². The van der Waals surface area contributed by atoms with E-state index in [2.05, 4.69) is 20.6 Å². The summed E-state index contributed by atoms with van der Waals surface area (Å²) in [7, 11) is 0. The third-order valence-electron chi connectivity index (χ3n) is 2.07. The van der Waals surface area contributed by atoms with Crippen LogP contribution >= 0.6 is 22.9 Å². The van der Waals surface area contributed by atoms with Gasteiger partial charge in [-0.3, -0.25) is 4.98 Å². The van der Waals surface area contributed by atoms with Gasteiger partial charge in [0, 0.05) is 11.4 Å². The van der Waals surface area contributed by atoms with Gasteiger partial charge in [-0.15, -0.1) is 11.3 Å².